The van der Waals surface area contributed by atoms with E-state index in [0.717, 1.165) is 41.5 Å². The number of H-pyrrole nitrogens is 1. The maximum Gasteiger partial charge on any atom is 0.247 e. The van der Waals surface area contributed by atoms with Gasteiger partial charge >= 0.3 is 0 Å². The Balaban J connectivity index is 1.56. The summed E-state index contributed by atoms with van der Waals surface area (Å²) in [5.41, 5.74) is 2.63. The van der Waals surface area contributed by atoms with Crippen LogP contribution in [-0.2, 0) is 4.79 Å². The van der Waals surface area contributed by atoms with Crippen LogP contribution in [0.2, 0.25) is 0 Å². The minimum absolute atomic E-state index is 0.0226. The van der Waals surface area contributed by atoms with Crippen LogP contribution in [-0.4, -0.2) is 42.3 Å². The standard InChI is InChI=1S/C20H23N7OS/c1-13-11-29-20(23-13)26-18-9-16(24-14(2)25-18)17-5-3-4-8-27(17)19(28)7-6-15-10-21-12-22-15/h6-7,9-12,17H,3-5,8H2,1-2H3,(H,21,22)(H,23,24,25,26)/b7-6+/t17-/m0/s1. The van der Waals surface area contributed by atoms with E-state index >= 15 is 0 Å². The highest BCUT2D eigenvalue weighted by Gasteiger charge is 2.28. The van der Waals surface area contributed by atoms with Crippen LogP contribution < -0.4 is 5.32 Å². The minimum atomic E-state index is -0.0667. The molecule has 29 heavy (non-hydrogen) atoms. The molecule has 1 saturated heterocycles. The molecule has 0 radical (unpaired) electrons. The number of piperidine rings is 1. The number of thiazole rings is 1. The van der Waals surface area contributed by atoms with Crippen LogP contribution in [0.3, 0.4) is 0 Å². The molecule has 9 heteroatoms. The van der Waals surface area contributed by atoms with Gasteiger partial charge in [0.15, 0.2) is 5.13 Å². The molecule has 4 heterocycles. The van der Waals surface area contributed by atoms with Crippen molar-refractivity contribution < 1.29 is 4.79 Å². The molecular formula is C20H23N7OS. The summed E-state index contributed by atoms with van der Waals surface area (Å²) in [6.07, 6.45) is 9.57. The van der Waals surface area contributed by atoms with Gasteiger partial charge in [0.05, 0.1) is 35.6 Å². The highest BCUT2D eigenvalue weighted by Crippen LogP contribution is 2.31. The van der Waals surface area contributed by atoms with Gasteiger partial charge in [-0.15, -0.1) is 11.3 Å². The number of hydrogen-bond donors (Lipinski definition) is 2. The van der Waals surface area contributed by atoms with E-state index in [1.54, 1.807) is 24.7 Å². The van der Waals surface area contributed by atoms with E-state index in [1.165, 1.54) is 11.3 Å². The third kappa shape index (κ3) is 4.68. The number of nitrogens with zero attached hydrogens (tertiary/aromatic N) is 5. The van der Waals surface area contributed by atoms with Crippen molar-refractivity contribution in [2.24, 2.45) is 0 Å². The number of aromatic nitrogens is 5. The summed E-state index contributed by atoms with van der Waals surface area (Å²) >= 11 is 1.54. The van der Waals surface area contributed by atoms with Crippen LogP contribution in [0.25, 0.3) is 6.08 Å². The Labute approximate surface area is 173 Å². The predicted molar refractivity (Wildman–Crippen MR) is 113 cm³/mol. The minimum Gasteiger partial charge on any atom is -0.345 e. The Morgan fingerprint density at radius 2 is 2.21 bits per heavy atom. The van der Waals surface area contributed by atoms with Crippen LogP contribution in [0.1, 0.15) is 48.2 Å². The van der Waals surface area contributed by atoms with E-state index < -0.39 is 0 Å². The summed E-state index contributed by atoms with van der Waals surface area (Å²) in [6, 6.07) is 1.86. The van der Waals surface area contributed by atoms with Gasteiger partial charge in [0.1, 0.15) is 11.6 Å². The summed E-state index contributed by atoms with van der Waals surface area (Å²) < 4.78 is 0. The summed E-state index contributed by atoms with van der Waals surface area (Å²) in [5, 5.41) is 6.05. The van der Waals surface area contributed by atoms with Gasteiger partial charge in [-0.2, -0.15) is 0 Å². The van der Waals surface area contributed by atoms with Crippen molar-refractivity contribution in [3.8, 4) is 0 Å². The predicted octanol–water partition coefficient (Wildman–Crippen LogP) is 3.78. The van der Waals surface area contributed by atoms with Crippen molar-refractivity contribution in [2.45, 2.75) is 39.2 Å². The fourth-order valence-corrected chi connectivity index (χ4v) is 4.16. The molecule has 0 unspecified atom stereocenters. The van der Waals surface area contributed by atoms with Crippen molar-refractivity contribution in [1.29, 1.82) is 0 Å². The van der Waals surface area contributed by atoms with Crippen LogP contribution in [0, 0.1) is 13.8 Å². The number of hydrogen-bond acceptors (Lipinski definition) is 7. The molecule has 0 bridgehead atoms. The topological polar surface area (TPSA) is 99.7 Å². The number of carbonyl (C=O) groups is 1. The highest BCUT2D eigenvalue weighted by atomic mass is 32.1. The van der Waals surface area contributed by atoms with Gasteiger partial charge in [0.2, 0.25) is 5.91 Å². The first-order valence-corrected chi connectivity index (χ1v) is 10.5. The summed E-state index contributed by atoms with van der Waals surface area (Å²) in [5.74, 6) is 1.35. The van der Waals surface area contributed by atoms with Gasteiger partial charge in [0, 0.05) is 24.1 Å². The molecule has 2 N–H and O–H groups in total. The first-order valence-electron chi connectivity index (χ1n) is 9.60. The normalized spacial score (nSPS) is 17.0. The van der Waals surface area contributed by atoms with E-state index in [9.17, 15) is 4.79 Å². The molecule has 1 aliphatic heterocycles. The third-order valence-corrected chi connectivity index (χ3v) is 5.64. The number of aryl methyl sites for hydroxylation is 2. The van der Waals surface area contributed by atoms with Crippen LogP contribution in [0.5, 0.6) is 0 Å². The lowest BCUT2D eigenvalue weighted by Crippen LogP contribution is -2.38. The van der Waals surface area contributed by atoms with Crippen LogP contribution in [0.15, 0.2) is 30.0 Å². The number of aromatic amines is 1. The number of anilines is 2. The van der Waals surface area contributed by atoms with Gasteiger partial charge < -0.3 is 15.2 Å². The van der Waals surface area contributed by atoms with Gasteiger partial charge in [0.25, 0.3) is 0 Å². The maximum absolute atomic E-state index is 12.9. The smallest absolute Gasteiger partial charge is 0.247 e. The van der Waals surface area contributed by atoms with Crippen LogP contribution >= 0.6 is 11.3 Å². The molecule has 0 spiro atoms. The Hall–Kier alpha value is -3.07. The fourth-order valence-electron chi connectivity index (χ4n) is 3.46. The van der Waals surface area contributed by atoms with Crippen molar-refractivity contribution in [1.82, 2.24) is 29.8 Å². The van der Waals surface area contributed by atoms with E-state index in [4.69, 9.17) is 0 Å². The lowest BCUT2D eigenvalue weighted by Gasteiger charge is -2.35. The highest BCUT2D eigenvalue weighted by molar-refractivity contribution is 7.13. The van der Waals surface area contributed by atoms with E-state index in [-0.39, 0.29) is 11.9 Å². The lowest BCUT2D eigenvalue weighted by atomic mass is 9.98. The first-order chi connectivity index (χ1) is 14.1. The first kappa shape index (κ1) is 19.3. The molecule has 8 nitrogen and oxygen atoms in total. The number of nitrogens with one attached hydrogen (secondary N) is 2. The monoisotopic (exact) mass is 409 g/mol. The Morgan fingerprint density at radius 3 is 2.97 bits per heavy atom. The fraction of sp³-hybridized carbons (Fsp3) is 0.350. The van der Waals surface area contributed by atoms with E-state index in [0.29, 0.717) is 18.2 Å². The quantitative estimate of drug-likeness (QED) is 0.622. The van der Waals surface area contributed by atoms with Crippen molar-refractivity contribution in [2.75, 3.05) is 11.9 Å². The average Bonchev–Trinajstić information content (AvgIpc) is 3.37. The molecule has 1 aliphatic rings. The van der Waals surface area contributed by atoms with E-state index in [1.807, 2.05) is 30.2 Å². The molecule has 3 aromatic rings. The third-order valence-electron chi connectivity index (χ3n) is 4.76. The largest absolute Gasteiger partial charge is 0.345 e. The lowest BCUT2D eigenvalue weighted by molar-refractivity contribution is -0.129. The number of likely N-dealkylation sites (tertiary alicyclic amines) is 1. The van der Waals surface area contributed by atoms with Gasteiger partial charge in [-0.25, -0.2) is 19.9 Å². The van der Waals surface area contributed by atoms with Crippen molar-refractivity contribution in [3.63, 3.8) is 0 Å². The van der Waals surface area contributed by atoms with E-state index in [2.05, 4.69) is 30.2 Å². The molecule has 0 saturated carbocycles. The van der Waals surface area contributed by atoms with Crippen molar-refractivity contribution >= 4 is 34.3 Å². The molecule has 3 aromatic heterocycles. The molecule has 0 aliphatic carbocycles. The second-order valence-corrected chi connectivity index (χ2v) is 7.89. The van der Waals surface area contributed by atoms with Gasteiger partial charge in [-0.1, -0.05) is 0 Å². The Morgan fingerprint density at radius 1 is 1.31 bits per heavy atom. The molecule has 1 atom stereocenters. The van der Waals surface area contributed by atoms with Crippen LogP contribution in [0.4, 0.5) is 10.9 Å². The van der Waals surface area contributed by atoms with Gasteiger partial charge in [-0.3, -0.25) is 4.79 Å². The molecule has 4 rings (SSSR count). The summed E-state index contributed by atoms with van der Waals surface area (Å²) in [4.78, 5) is 35.3. The summed E-state index contributed by atoms with van der Waals surface area (Å²) in [7, 11) is 0. The average molecular weight is 410 g/mol. The molecule has 1 amide bonds. The zero-order valence-electron chi connectivity index (χ0n) is 16.4. The second kappa shape index (κ2) is 8.52. The molecular weight excluding hydrogens is 386 g/mol. The zero-order valence-corrected chi connectivity index (χ0v) is 17.2. The SMILES string of the molecule is Cc1csc(Nc2cc([C@@H]3CCCCN3C(=O)/C=C/c3cnc[nH]3)nc(C)n2)n1. The number of carbonyl (C=O) groups excluding carboxylic acids is 1. The summed E-state index contributed by atoms with van der Waals surface area (Å²) in [6.45, 7) is 4.55. The zero-order chi connectivity index (χ0) is 20.2. The van der Waals surface area contributed by atoms with Crippen molar-refractivity contribution in [3.05, 3.63) is 53.0 Å². The Kier molecular flexibility index (Phi) is 5.66. The number of amides is 1. The second-order valence-electron chi connectivity index (χ2n) is 7.03. The number of imidazole rings is 1. The molecule has 1 fully saturated rings. The molecule has 0 aromatic carbocycles. The Bertz CT molecular complexity index is 1010. The maximum atomic E-state index is 12.9. The van der Waals surface area contributed by atoms with Gasteiger partial charge in [-0.05, 0) is 39.2 Å². The molecule has 150 valence electrons. The number of rotatable bonds is 5.